The van der Waals surface area contributed by atoms with E-state index in [2.05, 4.69) is 0 Å². The molecule has 0 radical (unpaired) electrons. The van der Waals surface area contributed by atoms with Gasteiger partial charge in [0.25, 0.3) is 0 Å². The molecule has 0 fully saturated rings. The second kappa shape index (κ2) is 5.21. The van der Waals surface area contributed by atoms with Gasteiger partial charge in [-0.1, -0.05) is 24.3 Å². The lowest BCUT2D eigenvalue weighted by Crippen LogP contribution is -2.31. The Kier molecular flexibility index (Phi) is 4.18. The Morgan fingerprint density at radius 1 is 1.31 bits per heavy atom. The highest BCUT2D eigenvalue weighted by atomic mass is 16.6. The summed E-state index contributed by atoms with van der Waals surface area (Å²) in [5, 5.41) is 18.0. The van der Waals surface area contributed by atoms with Crippen molar-refractivity contribution in [3.63, 3.8) is 0 Å². The van der Waals surface area contributed by atoms with Crippen LogP contribution in [0.25, 0.3) is 0 Å². The van der Waals surface area contributed by atoms with Gasteiger partial charge in [0, 0.05) is 5.56 Å². The summed E-state index contributed by atoms with van der Waals surface area (Å²) in [6.07, 6.45) is 0. The van der Waals surface area contributed by atoms with Crippen LogP contribution in [0.1, 0.15) is 29.8 Å². The van der Waals surface area contributed by atoms with E-state index in [9.17, 15) is 9.90 Å². The van der Waals surface area contributed by atoms with Crippen molar-refractivity contribution in [3.05, 3.63) is 35.4 Å². The maximum absolute atomic E-state index is 11.7. The van der Waals surface area contributed by atoms with E-state index in [0.717, 1.165) is 5.56 Å². The number of aliphatic hydroxyl groups is 2. The molecular weight excluding hydrogens is 208 g/mol. The number of benzene rings is 1. The second-order valence-electron chi connectivity index (χ2n) is 4.06. The van der Waals surface area contributed by atoms with Crippen LogP contribution in [0.3, 0.4) is 0 Å². The van der Waals surface area contributed by atoms with Crippen molar-refractivity contribution in [2.75, 3.05) is 6.79 Å². The van der Waals surface area contributed by atoms with E-state index in [1.165, 1.54) is 13.8 Å². The van der Waals surface area contributed by atoms with Gasteiger partial charge in [0.2, 0.25) is 0 Å². The van der Waals surface area contributed by atoms with Crippen molar-refractivity contribution < 1.29 is 19.7 Å². The molecule has 0 unspecified atom stereocenters. The fourth-order valence-corrected chi connectivity index (χ4v) is 1.27. The maximum atomic E-state index is 11.7. The Hall–Kier alpha value is -1.23. The van der Waals surface area contributed by atoms with Crippen LogP contribution in [0.15, 0.2) is 24.3 Å². The molecule has 1 aromatic carbocycles. The molecule has 0 heterocycles. The third-order valence-electron chi connectivity index (χ3n) is 2.13. The van der Waals surface area contributed by atoms with E-state index in [0.29, 0.717) is 12.2 Å². The minimum absolute atomic E-state index is 0.299. The number of rotatable bonds is 5. The molecule has 16 heavy (non-hydrogen) atoms. The summed E-state index contributed by atoms with van der Waals surface area (Å²) in [5.74, 6) is -0.317. The molecule has 1 rings (SSSR count). The van der Waals surface area contributed by atoms with Gasteiger partial charge in [0.05, 0.1) is 6.61 Å². The molecule has 88 valence electrons. The molecule has 4 nitrogen and oxygen atoms in total. The first-order valence-corrected chi connectivity index (χ1v) is 5.00. The van der Waals surface area contributed by atoms with Crippen LogP contribution in [0.5, 0.6) is 0 Å². The number of carbonyl (C=O) groups is 1. The van der Waals surface area contributed by atoms with E-state index in [1.54, 1.807) is 24.3 Å². The smallest absolute Gasteiger partial charge is 0.193 e. The molecule has 0 bridgehead atoms. The van der Waals surface area contributed by atoms with Crippen LogP contribution < -0.4 is 0 Å². The third kappa shape index (κ3) is 3.41. The highest BCUT2D eigenvalue weighted by Gasteiger charge is 2.24. The van der Waals surface area contributed by atoms with Crippen LogP contribution >= 0.6 is 0 Å². The van der Waals surface area contributed by atoms with Gasteiger partial charge in [0.1, 0.15) is 12.4 Å². The number of ketones is 1. The quantitative estimate of drug-likeness (QED) is 0.580. The van der Waals surface area contributed by atoms with Gasteiger partial charge in [0.15, 0.2) is 5.78 Å². The predicted molar refractivity (Wildman–Crippen MR) is 58.9 cm³/mol. The molecule has 0 aliphatic rings. The lowest BCUT2D eigenvalue weighted by atomic mass is 9.96. The summed E-state index contributed by atoms with van der Waals surface area (Å²) in [7, 11) is 0. The Balaban J connectivity index is 2.75. The van der Waals surface area contributed by atoms with Crippen LogP contribution in [0, 0.1) is 0 Å². The Morgan fingerprint density at radius 3 is 2.31 bits per heavy atom. The summed E-state index contributed by atoms with van der Waals surface area (Å²) in [5.41, 5.74) is -0.0371. The molecule has 0 spiro atoms. The van der Waals surface area contributed by atoms with Crippen molar-refractivity contribution in [2.45, 2.75) is 26.1 Å². The van der Waals surface area contributed by atoms with E-state index >= 15 is 0 Å². The summed E-state index contributed by atoms with van der Waals surface area (Å²) in [6.45, 7) is 2.88. The number of aliphatic hydroxyl groups excluding tert-OH is 1. The van der Waals surface area contributed by atoms with Gasteiger partial charge in [-0.25, -0.2) is 0 Å². The summed E-state index contributed by atoms with van der Waals surface area (Å²) in [6, 6.07) is 6.73. The highest BCUT2D eigenvalue weighted by Crippen LogP contribution is 2.13. The van der Waals surface area contributed by atoms with E-state index in [1.807, 2.05) is 0 Å². The van der Waals surface area contributed by atoms with Gasteiger partial charge < -0.3 is 14.9 Å². The van der Waals surface area contributed by atoms with Gasteiger partial charge in [-0.15, -0.1) is 0 Å². The molecule has 4 heteroatoms. The Morgan fingerprint density at radius 2 is 1.88 bits per heavy atom. The largest absolute Gasteiger partial charge is 0.382 e. The first-order valence-electron chi connectivity index (χ1n) is 5.00. The minimum atomic E-state index is -1.36. The fourth-order valence-electron chi connectivity index (χ4n) is 1.27. The van der Waals surface area contributed by atoms with Gasteiger partial charge >= 0.3 is 0 Å². The average Bonchev–Trinajstić information content (AvgIpc) is 2.25. The molecule has 0 atom stereocenters. The number of carbonyl (C=O) groups excluding carboxylic acids is 1. The average molecular weight is 224 g/mol. The molecular formula is C12H16O4. The monoisotopic (exact) mass is 224 g/mol. The number of hydrogen-bond acceptors (Lipinski definition) is 4. The van der Waals surface area contributed by atoms with E-state index in [-0.39, 0.29) is 12.6 Å². The summed E-state index contributed by atoms with van der Waals surface area (Å²) >= 11 is 0. The molecule has 1 aromatic rings. The zero-order chi connectivity index (χ0) is 12.2. The summed E-state index contributed by atoms with van der Waals surface area (Å²) in [4.78, 5) is 11.7. The van der Waals surface area contributed by atoms with Crippen molar-refractivity contribution in [1.29, 1.82) is 0 Å². The van der Waals surface area contributed by atoms with Gasteiger partial charge in [-0.2, -0.15) is 0 Å². The predicted octanol–water partition coefficient (Wildman–Crippen LogP) is 1.11. The van der Waals surface area contributed by atoms with E-state index < -0.39 is 5.60 Å². The van der Waals surface area contributed by atoms with Crippen LogP contribution in [-0.2, 0) is 11.3 Å². The molecule has 0 amide bonds. The van der Waals surface area contributed by atoms with E-state index in [4.69, 9.17) is 9.84 Å². The summed E-state index contributed by atoms with van der Waals surface area (Å²) < 4.78 is 4.81. The lowest BCUT2D eigenvalue weighted by Gasteiger charge is -2.15. The van der Waals surface area contributed by atoms with Crippen LogP contribution in [-0.4, -0.2) is 28.4 Å². The highest BCUT2D eigenvalue weighted by molar-refractivity contribution is 6.01. The Bertz CT molecular complexity index is 348. The van der Waals surface area contributed by atoms with Crippen molar-refractivity contribution in [2.24, 2.45) is 0 Å². The minimum Gasteiger partial charge on any atom is -0.382 e. The molecule has 0 aliphatic heterocycles. The third-order valence-corrected chi connectivity index (χ3v) is 2.13. The Labute approximate surface area is 94.5 Å². The number of ether oxygens (including phenoxy) is 1. The standard InChI is InChI=1S/C12H16O4/c1-12(2,15)11(14)10-5-3-9(4-6-10)7-16-8-13/h3-6,13,15H,7-8H2,1-2H3. The molecule has 0 aliphatic carbocycles. The molecule has 0 saturated heterocycles. The molecule has 0 saturated carbocycles. The SMILES string of the molecule is CC(C)(O)C(=O)c1ccc(COCO)cc1. The van der Waals surface area contributed by atoms with Crippen molar-refractivity contribution >= 4 is 5.78 Å². The first kappa shape index (κ1) is 12.8. The topological polar surface area (TPSA) is 66.8 Å². The zero-order valence-electron chi connectivity index (χ0n) is 9.43. The lowest BCUT2D eigenvalue weighted by molar-refractivity contribution is -0.0112. The number of hydrogen-bond donors (Lipinski definition) is 2. The van der Waals surface area contributed by atoms with Crippen LogP contribution in [0.4, 0.5) is 0 Å². The molecule has 0 aromatic heterocycles. The van der Waals surface area contributed by atoms with Crippen molar-refractivity contribution in [1.82, 2.24) is 0 Å². The van der Waals surface area contributed by atoms with Crippen LogP contribution in [0.2, 0.25) is 0 Å². The van der Waals surface area contributed by atoms with Gasteiger partial charge in [-0.05, 0) is 19.4 Å². The first-order chi connectivity index (χ1) is 7.45. The molecule has 2 N–H and O–H groups in total. The second-order valence-corrected chi connectivity index (χ2v) is 4.06. The normalized spacial score (nSPS) is 11.5. The number of Topliss-reactive ketones (excluding diaryl/α,β-unsaturated/α-hetero) is 1. The maximum Gasteiger partial charge on any atom is 0.193 e. The van der Waals surface area contributed by atoms with Gasteiger partial charge in [-0.3, -0.25) is 4.79 Å². The zero-order valence-corrected chi connectivity index (χ0v) is 9.43. The van der Waals surface area contributed by atoms with Crippen molar-refractivity contribution in [3.8, 4) is 0 Å². The fraction of sp³-hybridized carbons (Fsp3) is 0.417.